The molecular weight excluding hydrogens is 460 g/mol. The Labute approximate surface area is 195 Å². The van der Waals surface area contributed by atoms with Gasteiger partial charge in [-0.1, -0.05) is 24.6 Å². The fourth-order valence-corrected chi connectivity index (χ4v) is 7.01. The van der Waals surface area contributed by atoms with Gasteiger partial charge in [-0.25, -0.2) is 13.1 Å². The van der Waals surface area contributed by atoms with E-state index in [4.69, 9.17) is 0 Å². The number of para-hydroxylation sites is 1. The molecule has 1 amide bonds. The lowest BCUT2D eigenvalue weighted by atomic mass is 10.2. The van der Waals surface area contributed by atoms with Gasteiger partial charge in [-0.15, -0.1) is 0 Å². The Morgan fingerprint density at radius 1 is 0.939 bits per heavy atom. The zero-order valence-electron chi connectivity index (χ0n) is 17.9. The molecule has 1 unspecified atom stereocenters. The molecule has 0 bridgehead atoms. The van der Waals surface area contributed by atoms with Crippen LogP contribution in [-0.2, 0) is 32.3 Å². The maximum absolute atomic E-state index is 13.1. The summed E-state index contributed by atoms with van der Waals surface area (Å²) >= 11 is 0. The van der Waals surface area contributed by atoms with Crippen LogP contribution in [0.3, 0.4) is 0 Å². The fourth-order valence-electron chi connectivity index (χ4n) is 4.22. The molecule has 2 aliphatic heterocycles. The highest BCUT2D eigenvalue weighted by Crippen LogP contribution is 2.31. The van der Waals surface area contributed by atoms with Crippen LogP contribution in [0.1, 0.15) is 40.9 Å². The van der Waals surface area contributed by atoms with Crippen molar-refractivity contribution >= 4 is 32.5 Å². The predicted octanol–water partition coefficient (Wildman–Crippen LogP) is 3.06. The molecule has 0 saturated carbocycles. The van der Waals surface area contributed by atoms with Crippen LogP contribution in [0.25, 0.3) is 5.69 Å². The van der Waals surface area contributed by atoms with Crippen molar-refractivity contribution in [2.24, 2.45) is 0 Å². The van der Waals surface area contributed by atoms with E-state index in [1.807, 2.05) is 30.3 Å². The molecule has 8 nitrogen and oxygen atoms in total. The molecule has 2 aromatic carbocycles. The molecule has 10 heteroatoms. The molecule has 33 heavy (non-hydrogen) atoms. The topological polar surface area (TPSA) is 101 Å². The zero-order chi connectivity index (χ0) is 23.0. The summed E-state index contributed by atoms with van der Waals surface area (Å²) < 4.78 is 41.0. The van der Waals surface area contributed by atoms with Crippen LogP contribution < -0.4 is 5.32 Å². The monoisotopic (exact) mass is 484 g/mol. The molecule has 1 N–H and O–H groups in total. The Bertz CT molecular complexity index is 1310. The number of anilines is 1. The van der Waals surface area contributed by atoms with Gasteiger partial charge in [-0.2, -0.15) is 9.40 Å². The minimum Gasteiger partial charge on any atom is -0.306 e. The van der Waals surface area contributed by atoms with Crippen LogP contribution in [0.2, 0.25) is 0 Å². The number of aromatic nitrogens is 2. The van der Waals surface area contributed by atoms with E-state index in [-0.39, 0.29) is 10.8 Å². The average Bonchev–Trinajstić information content (AvgIpc) is 3.37. The van der Waals surface area contributed by atoms with Crippen molar-refractivity contribution in [2.75, 3.05) is 18.4 Å². The van der Waals surface area contributed by atoms with E-state index < -0.39 is 20.8 Å². The maximum atomic E-state index is 13.1. The Morgan fingerprint density at radius 2 is 1.64 bits per heavy atom. The molecule has 2 aliphatic rings. The van der Waals surface area contributed by atoms with Crippen LogP contribution in [-0.4, -0.2) is 45.7 Å². The predicted molar refractivity (Wildman–Crippen MR) is 126 cm³/mol. The van der Waals surface area contributed by atoms with Gasteiger partial charge in [0.05, 0.1) is 27.8 Å². The van der Waals surface area contributed by atoms with E-state index >= 15 is 0 Å². The highest BCUT2D eigenvalue weighted by Gasteiger charge is 2.29. The molecule has 1 fully saturated rings. The van der Waals surface area contributed by atoms with Gasteiger partial charge < -0.3 is 5.32 Å². The van der Waals surface area contributed by atoms with E-state index in [1.54, 1.807) is 4.68 Å². The second-order valence-corrected chi connectivity index (χ2v) is 11.6. The van der Waals surface area contributed by atoms with Crippen LogP contribution >= 0.6 is 0 Å². The van der Waals surface area contributed by atoms with Gasteiger partial charge in [0.25, 0.3) is 5.91 Å². The minimum atomic E-state index is -3.56. The molecule has 3 heterocycles. The van der Waals surface area contributed by atoms with Crippen molar-refractivity contribution in [3.05, 3.63) is 71.4 Å². The van der Waals surface area contributed by atoms with Crippen molar-refractivity contribution < 1.29 is 17.4 Å². The number of sulfonamides is 1. The summed E-state index contributed by atoms with van der Waals surface area (Å²) in [7, 11) is -4.59. The van der Waals surface area contributed by atoms with Crippen LogP contribution in [0.4, 0.5) is 5.82 Å². The van der Waals surface area contributed by atoms with Crippen LogP contribution in [0, 0.1) is 0 Å². The second kappa shape index (κ2) is 8.85. The molecule has 0 spiro atoms. The van der Waals surface area contributed by atoms with Gasteiger partial charge in [-0.3, -0.25) is 9.00 Å². The summed E-state index contributed by atoms with van der Waals surface area (Å²) in [5, 5.41) is 7.50. The Hall–Kier alpha value is -2.82. The number of nitrogens with one attached hydrogen (secondary N) is 1. The number of hydrogen-bond donors (Lipinski definition) is 1. The summed E-state index contributed by atoms with van der Waals surface area (Å²) in [5.74, 6) is 0.817. The first kappa shape index (κ1) is 22.0. The molecule has 0 aliphatic carbocycles. The third kappa shape index (κ3) is 4.25. The molecule has 0 radical (unpaired) electrons. The molecule has 5 rings (SSSR count). The van der Waals surface area contributed by atoms with Crippen molar-refractivity contribution in [3.63, 3.8) is 0 Å². The highest BCUT2D eigenvalue weighted by molar-refractivity contribution is 7.89. The summed E-state index contributed by atoms with van der Waals surface area (Å²) in [5.41, 5.74) is 2.61. The second-order valence-electron chi connectivity index (χ2n) is 8.19. The van der Waals surface area contributed by atoms with Gasteiger partial charge in [0.1, 0.15) is 5.82 Å². The molecule has 1 saturated heterocycles. The first-order valence-electron chi connectivity index (χ1n) is 10.9. The minimum absolute atomic E-state index is 0.187. The van der Waals surface area contributed by atoms with Crippen LogP contribution in [0.15, 0.2) is 59.5 Å². The summed E-state index contributed by atoms with van der Waals surface area (Å²) in [6.07, 6.45) is 2.77. The lowest BCUT2D eigenvalue weighted by molar-refractivity contribution is 0.102. The molecular formula is C23H24N4O4S2. The zero-order valence-corrected chi connectivity index (χ0v) is 19.6. The molecule has 1 aromatic heterocycles. The smallest absolute Gasteiger partial charge is 0.256 e. The summed E-state index contributed by atoms with van der Waals surface area (Å²) in [4.78, 5) is 13.2. The SMILES string of the molecule is O=C(Nc1c2c(nn1-c1ccccc1)CS(=O)C2)c1ccc(S(=O)(=O)N2CCCCC2)cc1. The van der Waals surface area contributed by atoms with Crippen LogP contribution in [0.5, 0.6) is 0 Å². The average molecular weight is 485 g/mol. The number of carbonyl (C=O) groups excluding carboxylic acids is 1. The van der Waals surface area contributed by atoms with Crippen molar-refractivity contribution in [1.82, 2.24) is 14.1 Å². The number of piperidine rings is 1. The molecule has 3 aromatic rings. The number of benzene rings is 2. The lowest BCUT2D eigenvalue weighted by Crippen LogP contribution is -2.35. The fraction of sp³-hybridized carbons (Fsp3) is 0.304. The van der Waals surface area contributed by atoms with E-state index in [2.05, 4.69) is 10.4 Å². The van der Waals surface area contributed by atoms with Gasteiger partial charge >= 0.3 is 0 Å². The van der Waals surface area contributed by atoms with E-state index in [9.17, 15) is 17.4 Å². The van der Waals surface area contributed by atoms with Crippen molar-refractivity contribution in [1.29, 1.82) is 0 Å². The summed E-state index contributed by atoms with van der Waals surface area (Å²) in [6.45, 7) is 1.06. The van der Waals surface area contributed by atoms with Gasteiger partial charge in [0, 0.05) is 35.0 Å². The van der Waals surface area contributed by atoms with Gasteiger partial charge in [0.2, 0.25) is 10.0 Å². The largest absolute Gasteiger partial charge is 0.306 e. The number of hydrogen-bond acceptors (Lipinski definition) is 5. The number of amides is 1. The van der Waals surface area contributed by atoms with E-state index in [0.29, 0.717) is 36.0 Å². The van der Waals surface area contributed by atoms with Gasteiger partial charge in [-0.05, 0) is 49.2 Å². The molecule has 172 valence electrons. The van der Waals surface area contributed by atoms with Crippen molar-refractivity contribution in [2.45, 2.75) is 35.7 Å². The number of rotatable bonds is 5. The standard InChI is InChI=1S/C23H24N4O4S2/c28-23(17-9-11-19(12-10-17)33(30,31)26-13-5-2-6-14-26)24-22-20-15-32(29)16-21(20)25-27(22)18-7-3-1-4-8-18/h1,3-4,7-12H,2,5-6,13-16H2,(H,24,28). The maximum Gasteiger partial charge on any atom is 0.256 e. The Balaban J connectivity index is 1.41. The third-order valence-corrected chi connectivity index (χ3v) is 9.09. The number of nitrogens with zero attached hydrogens (tertiary/aromatic N) is 3. The van der Waals surface area contributed by atoms with E-state index in [0.717, 1.165) is 36.2 Å². The molecule has 1 atom stereocenters. The number of carbonyl (C=O) groups is 1. The first-order valence-corrected chi connectivity index (χ1v) is 13.8. The normalized spacial score (nSPS) is 18.7. The van der Waals surface area contributed by atoms with Crippen molar-refractivity contribution in [3.8, 4) is 5.69 Å². The highest BCUT2D eigenvalue weighted by atomic mass is 32.2. The first-order chi connectivity index (χ1) is 15.9. The van der Waals surface area contributed by atoms with Gasteiger partial charge in [0.15, 0.2) is 0 Å². The Morgan fingerprint density at radius 3 is 2.33 bits per heavy atom. The summed E-state index contributed by atoms with van der Waals surface area (Å²) in [6, 6.07) is 15.4. The Kier molecular flexibility index (Phi) is 5.90. The number of fused-ring (bicyclic) bond motifs is 1. The van der Waals surface area contributed by atoms with E-state index in [1.165, 1.54) is 28.6 Å². The lowest BCUT2D eigenvalue weighted by Gasteiger charge is -2.25. The third-order valence-electron chi connectivity index (χ3n) is 5.97. The quantitative estimate of drug-likeness (QED) is 0.600.